The summed E-state index contributed by atoms with van der Waals surface area (Å²) >= 11 is 0. The van der Waals surface area contributed by atoms with Crippen molar-refractivity contribution in [1.82, 2.24) is 14.5 Å². The monoisotopic (exact) mass is 460 g/mol. The average molecular weight is 461 g/mol. The zero-order valence-electron chi connectivity index (χ0n) is 19.4. The smallest absolute Gasteiger partial charge is 0.246 e. The van der Waals surface area contributed by atoms with Gasteiger partial charge in [0.15, 0.2) is 0 Å². The topological polar surface area (TPSA) is 85.7 Å². The molecule has 0 unspecified atom stereocenters. The van der Waals surface area contributed by atoms with Gasteiger partial charge in [0, 0.05) is 29.9 Å². The minimum Gasteiger partial charge on any atom is -0.497 e. The molecular formula is C26H28N4O4. The van der Waals surface area contributed by atoms with Crippen LogP contribution in [0.5, 0.6) is 11.5 Å². The standard InChI is InChI=1S/C26H28N4O4/c1-4-14-29(25(32)18-8-9-18)17-24(31)28-26-27-23(19-6-5-7-22(15-19)34-3)16-30(26)20-10-12-21(33-2)13-11-20/h4-7,10-13,15-16,18H,1,8-9,14,17H2,2-3H3,(H,27,28,31). The molecule has 8 nitrogen and oxygen atoms in total. The Hall–Kier alpha value is -4.07. The first kappa shape index (κ1) is 23.1. The molecule has 1 aliphatic rings. The third kappa shape index (κ3) is 5.28. The fourth-order valence-electron chi connectivity index (χ4n) is 3.64. The van der Waals surface area contributed by atoms with E-state index in [1.165, 1.54) is 4.90 Å². The summed E-state index contributed by atoms with van der Waals surface area (Å²) in [6.07, 6.45) is 5.23. The van der Waals surface area contributed by atoms with Crippen LogP contribution in [0.25, 0.3) is 16.9 Å². The Morgan fingerprint density at radius 1 is 1.15 bits per heavy atom. The zero-order chi connectivity index (χ0) is 24.1. The number of amides is 2. The molecule has 1 heterocycles. The van der Waals surface area contributed by atoms with Crippen LogP contribution in [-0.4, -0.2) is 53.6 Å². The summed E-state index contributed by atoms with van der Waals surface area (Å²) in [6, 6.07) is 15.0. The van der Waals surface area contributed by atoms with E-state index in [9.17, 15) is 9.59 Å². The lowest BCUT2D eigenvalue weighted by atomic mass is 10.1. The first-order valence-corrected chi connectivity index (χ1v) is 11.1. The van der Waals surface area contributed by atoms with Gasteiger partial charge >= 0.3 is 0 Å². The Bertz CT molecular complexity index is 1180. The maximum absolute atomic E-state index is 12.9. The third-order valence-corrected chi connectivity index (χ3v) is 5.60. The minimum atomic E-state index is -0.326. The molecule has 2 amide bonds. The van der Waals surface area contributed by atoms with Crippen LogP contribution < -0.4 is 14.8 Å². The molecule has 34 heavy (non-hydrogen) atoms. The number of nitrogens with one attached hydrogen (secondary N) is 1. The summed E-state index contributed by atoms with van der Waals surface area (Å²) in [7, 11) is 3.22. The van der Waals surface area contributed by atoms with Crippen molar-refractivity contribution in [1.29, 1.82) is 0 Å². The highest BCUT2D eigenvalue weighted by atomic mass is 16.5. The van der Waals surface area contributed by atoms with E-state index in [0.717, 1.165) is 29.8 Å². The van der Waals surface area contributed by atoms with Crippen LogP contribution in [0.4, 0.5) is 5.95 Å². The molecule has 0 spiro atoms. The first-order chi connectivity index (χ1) is 16.5. The van der Waals surface area contributed by atoms with Crippen LogP contribution in [0, 0.1) is 5.92 Å². The molecule has 0 bridgehead atoms. The van der Waals surface area contributed by atoms with E-state index in [1.807, 2.05) is 54.7 Å². The summed E-state index contributed by atoms with van der Waals surface area (Å²) < 4.78 is 12.4. The van der Waals surface area contributed by atoms with Gasteiger partial charge in [-0.3, -0.25) is 19.5 Å². The summed E-state index contributed by atoms with van der Waals surface area (Å²) in [5.41, 5.74) is 2.32. The van der Waals surface area contributed by atoms with Crippen molar-refractivity contribution in [2.45, 2.75) is 12.8 Å². The summed E-state index contributed by atoms with van der Waals surface area (Å²) in [4.78, 5) is 31.7. The van der Waals surface area contributed by atoms with Gasteiger partial charge in [0.2, 0.25) is 17.8 Å². The summed E-state index contributed by atoms with van der Waals surface area (Å²) in [5.74, 6) is 1.47. The van der Waals surface area contributed by atoms with Gasteiger partial charge < -0.3 is 14.4 Å². The number of hydrogen-bond donors (Lipinski definition) is 1. The van der Waals surface area contributed by atoms with E-state index in [1.54, 1.807) is 24.9 Å². The minimum absolute atomic E-state index is 0.00869. The van der Waals surface area contributed by atoms with Gasteiger partial charge in [0.05, 0.1) is 19.9 Å². The lowest BCUT2D eigenvalue weighted by Gasteiger charge is -2.20. The molecule has 3 aromatic rings. The van der Waals surface area contributed by atoms with E-state index in [2.05, 4.69) is 16.9 Å². The number of methoxy groups -OCH3 is 2. The summed E-state index contributed by atoms with van der Waals surface area (Å²) in [6.45, 7) is 3.97. The van der Waals surface area contributed by atoms with Crippen LogP contribution in [0.3, 0.4) is 0 Å². The lowest BCUT2D eigenvalue weighted by molar-refractivity contribution is -0.135. The number of anilines is 1. The highest BCUT2D eigenvalue weighted by Crippen LogP contribution is 2.31. The molecule has 0 atom stereocenters. The highest BCUT2D eigenvalue weighted by Gasteiger charge is 2.33. The SMILES string of the molecule is C=CCN(CC(=O)Nc1nc(-c2cccc(OC)c2)cn1-c1ccc(OC)cc1)C(=O)C1CC1. The van der Waals surface area contributed by atoms with Crippen molar-refractivity contribution in [2.75, 3.05) is 32.6 Å². The fourth-order valence-corrected chi connectivity index (χ4v) is 3.64. The Balaban J connectivity index is 1.63. The predicted molar refractivity (Wildman–Crippen MR) is 130 cm³/mol. The van der Waals surface area contributed by atoms with Gasteiger partial charge in [-0.25, -0.2) is 4.98 Å². The normalized spacial score (nSPS) is 12.6. The number of nitrogens with zero attached hydrogens (tertiary/aromatic N) is 3. The average Bonchev–Trinajstić information content (AvgIpc) is 3.63. The van der Waals surface area contributed by atoms with Gasteiger partial charge in [0.25, 0.3) is 0 Å². The molecule has 1 aliphatic carbocycles. The van der Waals surface area contributed by atoms with E-state index in [0.29, 0.717) is 23.9 Å². The van der Waals surface area contributed by atoms with Crippen LogP contribution in [-0.2, 0) is 9.59 Å². The number of carbonyl (C=O) groups is 2. The van der Waals surface area contributed by atoms with Crippen molar-refractivity contribution < 1.29 is 19.1 Å². The van der Waals surface area contributed by atoms with Gasteiger partial charge in [-0.05, 0) is 49.2 Å². The maximum Gasteiger partial charge on any atom is 0.246 e. The van der Waals surface area contributed by atoms with E-state index in [4.69, 9.17) is 9.47 Å². The molecule has 0 saturated heterocycles. The molecule has 1 N–H and O–H groups in total. The van der Waals surface area contributed by atoms with E-state index >= 15 is 0 Å². The molecule has 1 fully saturated rings. The molecule has 2 aromatic carbocycles. The number of aromatic nitrogens is 2. The molecule has 0 radical (unpaired) electrons. The zero-order valence-corrected chi connectivity index (χ0v) is 19.4. The second kappa shape index (κ2) is 10.2. The van der Waals surface area contributed by atoms with E-state index < -0.39 is 0 Å². The highest BCUT2D eigenvalue weighted by molar-refractivity contribution is 5.94. The Morgan fingerprint density at radius 2 is 1.88 bits per heavy atom. The molecule has 1 saturated carbocycles. The number of hydrogen-bond acceptors (Lipinski definition) is 5. The number of rotatable bonds is 10. The number of ether oxygens (including phenoxy) is 2. The van der Waals surface area contributed by atoms with Crippen molar-refractivity contribution in [3.8, 4) is 28.4 Å². The first-order valence-electron chi connectivity index (χ1n) is 11.1. The number of benzene rings is 2. The molecule has 4 rings (SSSR count). The quantitative estimate of drug-likeness (QED) is 0.464. The van der Waals surface area contributed by atoms with Crippen molar-refractivity contribution >= 4 is 17.8 Å². The number of imidazole rings is 1. The van der Waals surface area contributed by atoms with Crippen molar-refractivity contribution in [3.63, 3.8) is 0 Å². The second-order valence-electron chi connectivity index (χ2n) is 8.08. The molecule has 0 aliphatic heterocycles. The summed E-state index contributed by atoms with van der Waals surface area (Å²) in [5, 5.41) is 2.88. The van der Waals surface area contributed by atoms with Gasteiger partial charge in [0.1, 0.15) is 18.0 Å². The lowest BCUT2D eigenvalue weighted by Crippen LogP contribution is -2.39. The van der Waals surface area contributed by atoms with Gasteiger partial charge in [-0.2, -0.15) is 0 Å². The Kier molecular flexibility index (Phi) is 6.96. The van der Waals surface area contributed by atoms with Crippen LogP contribution in [0.1, 0.15) is 12.8 Å². The predicted octanol–water partition coefficient (Wildman–Crippen LogP) is 3.92. The van der Waals surface area contributed by atoms with Crippen LogP contribution in [0.2, 0.25) is 0 Å². The molecule has 1 aromatic heterocycles. The Labute approximate surface area is 198 Å². The third-order valence-electron chi connectivity index (χ3n) is 5.60. The second-order valence-corrected chi connectivity index (χ2v) is 8.08. The Morgan fingerprint density at radius 3 is 2.53 bits per heavy atom. The van der Waals surface area contributed by atoms with Crippen LogP contribution in [0.15, 0.2) is 67.4 Å². The molecule has 8 heteroatoms. The maximum atomic E-state index is 12.9. The number of carbonyl (C=O) groups excluding carboxylic acids is 2. The van der Waals surface area contributed by atoms with Crippen molar-refractivity contribution in [2.24, 2.45) is 5.92 Å². The van der Waals surface area contributed by atoms with Crippen molar-refractivity contribution in [3.05, 3.63) is 67.4 Å². The van der Waals surface area contributed by atoms with Gasteiger partial charge in [-0.15, -0.1) is 6.58 Å². The largest absolute Gasteiger partial charge is 0.497 e. The molecular weight excluding hydrogens is 432 g/mol. The fraction of sp³-hybridized carbons (Fsp3) is 0.269. The van der Waals surface area contributed by atoms with E-state index in [-0.39, 0.29) is 24.3 Å². The van der Waals surface area contributed by atoms with Gasteiger partial charge in [-0.1, -0.05) is 18.2 Å². The van der Waals surface area contributed by atoms with Crippen LogP contribution >= 0.6 is 0 Å². The molecule has 176 valence electrons.